The topological polar surface area (TPSA) is 94.0 Å². The summed E-state index contributed by atoms with van der Waals surface area (Å²) in [7, 11) is 0. The molecule has 0 aromatic carbocycles. The third-order valence-electron chi connectivity index (χ3n) is 2.27. The van der Waals surface area contributed by atoms with E-state index in [0.717, 1.165) is 11.3 Å². The summed E-state index contributed by atoms with van der Waals surface area (Å²) in [5, 5.41) is 18.5. The van der Waals surface area contributed by atoms with Gasteiger partial charge < -0.3 is 10.8 Å². The number of carbonyl (C=O) groups is 1. The normalized spacial score (nSPS) is 10.6. The fraction of sp³-hybridized carbons (Fsp3) is 0.300. The Morgan fingerprint density at radius 3 is 3.00 bits per heavy atom. The minimum atomic E-state index is -1.06. The van der Waals surface area contributed by atoms with Crippen molar-refractivity contribution in [2.75, 3.05) is 6.54 Å². The predicted molar refractivity (Wildman–Crippen MR) is 64.0 cm³/mol. The smallest absolute Gasteiger partial charge is 0.358 e. The summed E-state index contributed by atoms with van der Waals surface area (Å²) in [6.07, 6.45) is 0.737. The van der Waals surface area contributed by atoms with Gasteiger partial charge in [0.15, 0.2) is 5.69 Å². The molecule has 6 nitrogen and oxygen atoms in total. The molecule has 0 fully saturated rings. The number of carboxylic acids is 1. The van der Waals surface area contributed by atoms with Gasteiger partial charge in [-0.1, -0.05) is 11.3 Å². The van der Waals surface area contributed by atoms with Crippen molar-refractivity contribution < 1.29 is 9.90 Å². The molecule has 2 aromatic rings. The standard InChI is InChI=1S/C10H12N4O2S/c11-4-2-5-14-9(7-3-1-6-17-7)8(10(15)16)12-13-14/h1,3,6H,2,4-5,11H2,(H,15,16). The van der Waals surface area contributed by atoms with Crippen LogP contribution in [0.3, 0.4) is 0 Å². The predicted octanol–water partition coefficient (Wildman–Crippen LogP) is 1.05. The van der Waals surface area contributed by atoms with Crippen molar-refractivity contribution in [2.45, 2.75) is 13.0 Å². The SMILES string of the molecule is NCCCn1nnc(C(=O)O)c1-c1cccs1. The molecule has 0 unspecified atom stereocenters. The van der Waals surface area contributed by atoms with Gasteiger partial charge in [0.2, 0.25) is 0 Å². The van der Waals surface area contributed by atoms with E-state index in [1.807, 2.05) is 17.5 Å². The van der Waals surface area contributed by atoms with Crippen molar-refractivity contribution in [1.82, 2.24) is 15.0 Å². The van der Waals surface area contributed by atoms with Gasteiger partial charge in [0, 0.05) is 6.54 Å². The molecular weight excluding hydrogens is 240 g/mol. The van der Waals surface area contributed by atoms with Crippen LogP contribution < -0.4 is 5.73 Å². The highest BCUT2D eigenvalue weighted by atomic mass is 32.1. The van der Waals surface area contributed by atoms with Crippen LogP contribution in [0.15, 0.2) is 17.5 Å². The first-order valence-electron chi connectivity index (χ1n) is 5.14. The second-order valence-corrected chi connectivity index (χ2v) is 4.38. The Balaban J connectivity index is 2.44. The molecule has 0 aliphatic rings. The van der Waals surface area contributed by atoms with Crippen LogP contribution in [0, 0.1) is 0 Å². The van der Waals surface area contributed by atoms with Crippen LogP contribution in [0.25, 0.3) is 10.6 Å². The highest BCUT2D eigenvalue weighted by Crippen LogP contribution is 2.27. The minimum absolute atomic E-state index is 0.00975. The molecule has 0 amide bonds. The first kappa shape index (κ1) is 11.7. The van der Waals surface area contributed by atoms with Crippen LogP contribution in [0.5, 0.6) is 0 Å². The van der Waals surface area contributed by atoms with Gasteiger partial charge in [0.1, 0.15) is 5.69 Å². The van der Waals surface area contributed by atoms with E-state index in [9.17, 15) is 4.79 Å². The van der Waals surface area contributed by atoms with Crippen molar-refractivity contribution in [3.05, 3.63) is 23.2 Å². The van der Waals surface area contributed by atoms with Gasteiger partial charge in [-0.25, -0.2) is 9.48 Å². The van der Waals surface area contributed by atoms with E-state index in [1.165, 1.54) is 11.3 Å². The van der Waals surface area contributed by atoms with E-state index in [-0.39, 0.29) is 5.69 Å². The van der Waals surface area contributed by atoms with Gasteiger partial charge >= 0.3 is 5.97 Å². The number of aryl methyl sites for hydroxylation is 1. The number of hydrogen-bond acceptors (Lipinski definition) is 5. The van der Waals surface area contributed by atoms with Gasteiger partial charge in [-0.05, 0) is 24.4 Å². The van der Waals surface area contributed by atoms with Crippen molar-refractivity contribution >= 4 is 17.3 Å². The lowest BCUT2D eigenvalue weighted by molar-refractivity contribution is 0.0691. The van der Waals surface area contributed by atoms with Crippen molar-refractivity contribution in [3.63, 3.8) is 0 Å². The zero-order valence-electron chi connectivity index (χ0n) is 9.04. The van der Waals surface area contributed by atoms with Crippen molar-refractivity contribution in [3.8, 4) is 10.6 Å². The van der Waals surface area contributed by atoms with E-state index in [1.54, 1.807) is 4.68 Å². The summed E-state index contributed by atoms with van der Waals surface area (Å²) < 4.78 is 1.60. The van der Waals surface area contributed by atoms with E-state index in [4.69, 9.17) is 10.8 Å². The number of carboxylic acid groups (broad SMARTS) is 1. The maximum Gasteiger partial charge on any atom is 0.358 e. The molecule has 3 N–H and O–H groups in total. The lowest BCUT2D eigenvalue weighted by Crippen LogP contribution is -2.08. The van der Waals surface area contributed by atoms with E-state index < -0.39 is 5.97 Å². The molecule has 90 valence electrons. The van der Waals surface area contributed by atoms with Gasteiger partial charge in [-0.2, -0.15) is 0 Å². The zero-order chi connectivity index (χ0) is 12.3. The molecule has 2 heterocycles. The molecule has 0 saturated carbocycles. The first-order valence-corrected chi connectivity index (χ1v) is 6.02. The maximum atomic E-state index is 11.1. The van der Waals surface area contributed by atoms with Crippen LogP contribution in [-0.2, 0) is 6.54 Å². The summed E-state index contributed by atoms with van der Waals surface area (Å²) >= 11 is 1.46. The van der Waals surface area contributed by atoms with Gasteiger partial charge in [0.05, 0.1) is 4.88 Å². The minimum Gasteiger partial charge on any atom is -0.476 e. The second kappa shape index (κ2) is 5.07. The lowest BCUT2D eigenvalue weighted by Gasteiger charge is -2.03. The van der Waals surface area contributed by atoms with E-state index in [2.05, 4.69) is 10.3 Å². The molecule has 2 rings (SSSR count). The highest BCUT2D eigenvalue weighted by Gasteiger charge is 2.20. The average molecular weight is 252 g/mol. The van der Waals surface area contributed by atoms with E-state index >= 15 is 0 Å². The molecule has 0 aliphatic heterocycles. The summed E-state index contributed by atoms with van der Waals surface area (Å²) in [5.41, 5.74) is 5.98. The monoisotopic (exact) mass is 252 g/mol. The van der Waals surface area contributed by atoms with Crippen molar-refractivity contribution in [1.29, 1.82) is 0 Å². The molecule has 17 heavy (non-hydrogen) atoms. The number of aromatic nitrogens is 3. The zero-order valence-corrected chi connectivity index (χ0v) is 9.85. The van der Waals surface area contributed by atoms with Gasteiger partial charge in [-0.15, -0.1) is 16.4 Å². The number of hydrogen-bond donors (Lipinski definition) is 2. The molecule has 0 atom stereocenters. The molecule has 0 bridgehead atoms. The Labute approximate surface area is 102 Å². The summed E-state index contributed by atoms with van der Waals surface area (Å²) in [6.45, 7) is 1.11. The molecule has 0 aliphatic carbocycles. The average Bonchev–Trinajstić information content (AvgIpc) is 2.94. The molecule has 7 heteroatoms. The third kappa shape index (κ3) is 2.34. The fourth-order valence-electron chi connectivity index (χ4n) is 1.51. The Bertz CT molecular complexity index is 506. The van der Waals surface area contributed by atoms with Crippen LogP contribution in [0.4, 0.5) is 0 Å². The van der Waals surface area contributed by atoms with Gasteiger partial charge in [0.25, 0.3) is 0 Å². The summed E-state index contributed by atoms with van der Waals surface area (Å²) in [5.74, 6) is -1.06. The highest BCUT2D eigenvalue weighted by molar-refractivity contribution is 7.13. The number of rotatable bonds is 5. The molecule has 0 saturated heterocycles. The lowest BCUT2D eigenvalue weighted by atomic mass is 10.2. The fourth-order valence-corrected chi connectivity index (χ4v) is 2.29. The largest absolute Gasteiger partial charge is 0.476 e. The van der Waals surface area contributed by atoms with Crippen LogP contribution in [0.1, 0.15) is 16.9 Å². The number of aromatic carboxylic acids is 1. The van der Waals surface area contributed by atoms with E-state index in [0.29, 0.717) is 18.8 Å². The Kier molecular flexibility index (Phi) is 3.50. The second-order valence-electron chi connectivity index (χ2n) is 3.43. The van der Waals surface area contributed by atoms with Crippen LogP contribution in [0.2, 0.25) is 0 Å². The molecule has 0 radical (unpaired) electrons. The third-order valence-corrected chi connectivity index (χ3v) is 3.14. The molecule has 0 spiro atoms. The van der Waals surface area contributed by atoms with Crippen molar-refractivity contribution in [2.24, 2.45) is 5.73 Å². The Morgan fingerprint density at radius 1 is 1.59 bits per heavy atom. The van der Waals surface area contributed by atoms with Gasteiger partial charge in [-0.3, -0.25) is 0 Å². The maximum absolute atomic E-state index is 11.1. The van der Waals surface area contributed by atoms with Crippen LogP contribution >= 0.6 is 11.3 Å². The molecule has 2 aromatic heterocycles. The summed E-state index contributed by atoms with van der Waals surface area (Å²) in [6, 6.07) is 3.72. The Hall–Kier alpha value is -1.73. The number of nitrogens with zero attached hydrogens (tertiary/aromatic N) is 3. The number of nitrogens with two attached hydrogens (primary N) is 1. The first-order chi connectivity index (χ1) is 8.24. The number of thiophene rings is 1. The molecular formula is C10H12N4O2S. The quantitative estimate of drug-likeness (QED) is 0.829. The summed E-state index contributed by atoms with van der Waals surface area (Å²) in [4.78, 5) is 11.9. The van der Waals surface area contributed by atoms with Crippen LogP contribution in [-0.4, -0.2) is 32.6 Å². The Morgan fingerprint density at radius 2 is 2.41 bits per heavy atom.